The zero-order chi connectivity index (χ0) is 18.8. The molecule has 6 nitrogen and oxygen atoms in total. The Labute approximate surface area is 163 Å². The molecule has 0 aromatic rings. The van der Waals surface area contributed by atoms with Crippen LogP contribution in [0.2, 0.25) is 0 Å². The van der Waals surface area contributed by atoms with E-state index in [0.29, 0.717) is 23.9 Å². The summed E-state index contributed by atoms with van der Waals surface area (Å²) in [6.07, 6.45) is 5.70. The Hall–Kier alpha value is -0.625. The Morgan fingerprint density at radius 1 is 1.30 bits per heavy atom. The maximum absolute atomic E-state index is 12.9. The van der Waals surface area contributed by atoms with Crippen LogP contribution in [0.3, 0.4) is 0 Å². The van der Waals surface area contributed by atoms with Crippen molar-refractivity contribution in [1.82, 2.24) is 15.5 Å². The number of nitrogens with zero attached hydrogens (tertiary/aromatic N) is 1. The lowest BCUT2D eigenvalue weighted by molar-refractivity contribution is -0.199. The molecule has 2 bridgehead atoms. The van der Waals surface area contributed by atoms with E-state index in [0.717, 1.165) is 51.2 Å². The van der Waals surface area contributed by atoms with E-state index >= 15 is 0 Å². The highest BCUT2D eigenvalue weighted by Gasteiger charge is 2.69. The van der Waals surface area contributed by atoms with Gasteiger partial charge in [0, 0.05) is 19.1 Å². The van der Waals surface area contributed by atoms with Crippen LogP contribution in [0, 0.1) is 17.3 Å². The third-order valence-corrected chi connectivity index (χ3v) is 8.50. The molecule has 27 heavy (non-hydrogen) atoms. The summed E-state index contributed by atoms with van der Waals surface area (Å²) in [6, 6.07) is 0.421. The summed E-state index contributed by atoms with van der Waals surface area (Å²) in [5.41, 5.74) is 0.169. The van der Waals surface area contributed by atoms with E-state index in [-0.39, 0.29) is 30.7 Å². The molecule has 6 rings (SSSR count). The normalized spacial score (nSPS) is 45.1. The third-order valence-electron chi connectivity index (χ3n) is 8.50. The third kappa shape index (κ3) is 2.80. The first kappa shape index (κ1) is 18.4. The molecule has 0 radical (unpaired) electrons. The Balaban J connectivity index is 1.24. The minimum absolute atomic E-state index is 0.0729. The van der Waals surface area contributed by atoms with Gasteiger partial charge in [0.05, 0.1) is 24.2 Å². The minimum atomic E-state index is -0.255. The molecule has 6 aliphatic rings. The average molecular weight is 375 g/mol. The fraction of sp³-hybridized carbons (Fsp3) is 0.950. The fourth-order valence-corrected chi connectivity index (χ4v) is 6.61. The van der Waals surface area contributed by atoms with Gasteiger partial charge in [0.2, 0.25) is 5.91 Å². The quantitative estimate of drug-likeness (QED) is 0.723. The van der Waals surface area contributed by atoms with Crippen molar-refractivity contribution < 1.29 is 14.1 Å². The number of nitrogens with one attached hydrogen (secondary N) is 2. The molecule has 2 N–H and O–H groups in total. The van der Waals surface area contributed by atoms with Gasteiger partial charge in [-0.05, 0) is 62.8 Å². The van der Waals surface area contributed by atoms with E-state index in [4.69, 9.17) is 9.31 Å². The highest BCUT2D eigenvalue weighted by molar-refractivity contribution is 6.48. The van der Waals surface area contributed by atoms with Gasteiger partial charge in [-0.15, -0.1) is 0 Å². The molecule has 3 aliphatic heterocycles. The second-order valence-corrected chi connectivity index (χ2v) is 10.2. The van der Waals surface area contributed by atoms with Crippen molar-refractivity contribution >= 4 is 13.0 Å². The summed E-state index contributed by atoms with van der Waals surface area (Å²) in [5.74, 6) is 1.60. The molecule has 0 aromatic heterocycles. The topological polar surface area (TPSA) is 62.8 Å². The zero-order valence-electron chi connectivity index (χ0n) is 17.0. The Morgan fingerprint density at radius 2 is 2.15 bits per heavy atom. The molecular formula is C20H34BN3O3. The number of carbonyl (C=O) groups excluding carboxylic acids is 1. The van der Waals surface area contributed by atoms with Crippen molar-refractivity contribution in [1.29, 1.82) is 0 Å². The summed E-state index contributed by atoms with van der Waals surface area (Å²) in [5, 5.41) is 6.75. The summed E-state index contributed by atoms with van der Waals surface area (Å²) >= 11 is 0. The molecule has 0 spiro atoms. The van der Waals surface area contributed by atoms with Crippen LogP contribution < -0.4 is 10.6 Å². The number of hydrogen-bond acceptors (Lipinski definition) is 5. The van der Waals surface area contributed by atoms with Crippen LogP contribution >= 0.6 is 0 Å². The summed E-state index contributed by atoms with van der Waals surface area (Å²) in [7, 11) is -0.255. The van der Waals surface area contributed by atoms with Gasteiger partial charge in [0.1, 0.15) is 0 Å². The van der Waals surface area contributed by atoms with Gasteiger partial charge < -0.3 is 24.8 Å². The van der Waals surface area contributed by atoms with E-state index < -0.39 is 0 Å². The van der Waals surface area contributed by atoms with Gasteiger partial charge in [0.15, 0.2) is 0 Å². The number of amides is 1. The number of carbonyl (C=O) groups is 1. The standard InChI is InChI=1S/C20H34BN3O3/c1-19(2)13-9-15(19)20(3)16(10-13)26-21(27-20)17-5-4-8-24(17)18(25)12-23-14-6-7-22-11-14/h13-17,22-23H,4-12H2,1-3H3/t13-,14-,15-,16-,17?,20+/m1/s1. The second-order valence-electron chi connectivity index (χ2n) is 10.2. The van der Waals surface area contributed by atoms with Crippen LogP contribution in [0.15, 0.2) is 0 Å². The first-order valence-corrected chi connectivity index (χ1v) is 11.0. The lowest BCUT2D eigenvalue weighted by Gasteiger charge is -2.64. The molecule has 3 heterocycles. The van der Waals surface area contributed by atoms with E-state index in [1.54, 1.807) is 0 Å². The van der Waals surface area contributed by atoms with E-state index in [9.17, 15) is 4.79 Å². The van der Waals surface area contributed by atoms with Crippen molar-refractivity contribution in [2.24, 2.45) is 17.3 Å². The molecule has 3 aliphatic carbocycles. The highest BCUT2D eigenvalue weighted by Crippen LogP contribution is 2.65. The lowest BCUT2D eigenvalue weighted by atomic mass is 9.43. The Kier molecular flexibility index (Phi) is 4.39. The Bertz CT molecular complexity index is 611. The molecule has 0 aromatic carbocycles. The van der Waals surface area contributed by atoms with Crippen LogP contribution in [0.1, 0.15) is 52.9 Å². The largest absolute Gasteiger partial charge is 0.481 e. The van der Waals surface area contributed by atoms with Gasteiger partial charge in [-0.2, -0.15) is 0 Å². The summed E-state index contributed by atoms with van der Waals surface area (Å²) < 4.78 is 13.1. The molecule has 1 unspecified atom stereocenters. The van der Waals surface area contributed by atoms with Crippen LogP contribution in [0.5, 0.6) is 0 Å². The Morgan fingerprint density at radius 3 is 2.89 bits per heavy atom. The maximum Gasteiger partial charge on any atom is 0.481 e. The molecule has 1 amide bonds. The van der Waals surface area contributed by atoms with Crippen molar-refractivity contribution in [3.8, 4) is 0 Å². The van der Waals surface area contributed by atoms with Crippen molar-refractivity contribution in [3.05, 3.63) is 0 Å². The van der Waals surface area contributed by atoms with Gasteiger partial charge in [-0.3, -0.25) is 4.79 Å². The number of likely N-dealkylation sites (tertiary alicyclic amines) is 1. The van der Waals surface area contributed by atoms with Crippen LogP contribution in [-0.4, -0.2) is 67.8 Å². The summed E-state index contributed by atoms with van der Waals surface area (Å²) in [4.78, 5) is 14.9. The predicted octanol–water partition coefficient (Wildman–Crippen LogP) is 1.20. The van der Waals surface area contributed by atoms with Gasteiger partial charge in [0.25, 0.3) is 0 Å². The second kappa shape index (κ2) is 6.44. The number of rotatable bonds is 4. The molecule has 150 valence electrons. The van der Waals surface area contributed by atoms with Crippen LogP contribution in [0.25, 0.3) is 0 Å². The van der Waals surface area contributed by atoms with E-state index in [1.165, 1.54) is 6.42 Å². The van der Waals surface area contributed by atoms with Crippen LogP contribution in [-0.2, 0) is 14.1 Å². The molecular weight excluding hydrogens is 341 g/mol. The molecule has 6 fully saturated rings. The average Bonchev–Trinajstić information content (AvgIpc) is 3.36. The van der Waals surface area contributed by atoms with Crippen molar-refractivity contribution in [2.45, 2.75) is 76.6 Å². The van der Waals surface area contributed by atoms with E-state index in [2.05, 4.69) is 31.4 Å². The van der Waals surface area contributed by atoms with Crippen molar-refractivity contribution in [3.63, 3.8) is 0 Å². The first-order chi connectivity index (χ1) is 12.9. The minimum Gasteiger partial charge on any atom is -0.404 e. The smallest absolute Gasteiger partial charge is 0.404 e. The maximum atomic E-state index is 12.9. The monoisotopic (exact) mass is 375 g/mol. The zero-order valence-corrected chi connectivity index (χ0v) is 17.0. The molecule has 7 heteroatoms. The van der Waals surface area contributed by atoms with E-state index in [1.807, 2.05) is 4.90 Å². The SMILES string of the molecule is CC1(C)[C@@H]2C[C@H]1[C@]1(C)OB(C3CCCN3C(=O)CN[C@@H]3CCNC3)O[C@@H]1C2. The first-order valence-electron chi connectivity index (χ1n) is 11.0. The van der Waals surface area contributed by atoms with Gasteiger partial charge in [-0.25, -0.2) is 0 Å². The summed E-state index contributed by atoms with van der Waals surface area (Å²) in [6.45, 7) is 10.3. The number of hydrogen-bond donors (Lipinski definition) is 2. The molecule has 6 atom stereocenters. The van der Waals surface area contributed by atoms with Gasteiger partial charge in [-0.1, -0.05) is 13.8 Å². The van der Waals surface area contributed by atoms with Crippen molar-refractivity contribution in [2.75, 3.05) is 26.2 Å². The highest BCUT2D eigenvalue weighted by atomic mass is 16.7. The molecule has 3 saturated carbocycles. The predicted molar refractivity (Wildman–Crippen MR) is 104 cm³/mol. The van der Waals surface area contributed by atoms with Gasteiger partial charge >= 0.3 is 7.12 Å². The molecule has 3 saturated heterocycles. The van der Waals surface area contributed by atoms with Crippen LogP contribution in [0.4, 0.5) is 0 Å². The fourth-order valence-electron chi connectivity index (χ4n) is 6.61. The lowest BCUT2D eigenvalue weighted by Crippen LogP contribution is -2.65.